The number of carbonyl (C=O) groups excluding carboxylic acids is 1. The first-order chi connectivity index (χ1) is 7.22. The van der Waals surface area contributed by atoms with Gasteiger partial charge in [-0.05, 0) is 5.39 Å². The van der Waals surface area contributed by atoms with Gasteiger partial charge in [-0.25, -0.2) is 9.78 Å². The maximum Gasteiger partial charge on any atom is 0.357 e. The van der Waals surface area contributed by atoms with Gasteiger partial charge in [-0.15, -0.1) is 0 Å². The third-order valence-corrected chi connectivity index (χ3v) is 2.11. The zero-order chi connectivity index (χ0) is 10.8. The summed E-state index contributed by atoms with van der Waals surface area (Å²) in [5, 5.41) is 10.8. The van der Waals surface area contributed by atoms with E-state index in [1.54, 1.807) is 18.2 Å². The van der Waals surface area contributed by atoms with Gasteiger partial charge in [0, 0.05) is 11.5 Å². The largest absolute Gasteiger partial charge is 0.493 e. The fourth-order valence-electron chi connectivity index (χ4n) is 1.44. The highest BCUT2D eigenvalue weighted by atomic mass is 16.5. The van der Waals surface area contributed by atoms with Crippen LogP contribution in [0.15, 0.2) is 30.3 Å². The molecule has 0 aliphatic carbocycles. The average molecular weight is 203 g/mol. The van der Waals surface area contributed by atoms with Gasteiger partial charge in [0.25, 0.3) is 0 Å². The summed E-state index contributed by atoms with van der Waals surface area (Å²) in [6.07, 6.45) is 0. The topological polar surface area (TPSA) is 59.4 Å². The van der Waals surface area contributed by atoms with Crippen LogP contribution in [0.3, 0.4) is 0 Å². The maximum absolute atomic E-state index is 11.4. The summed E-state index contributed by atoms with van der Waals surface area (Å²) < 4.78 is 4.59. The zero-order valence-electron chi connectivity index (χ0n) is 8.10. The van der Waals surface area contributed by atoms with Crippen LogP contribution in [0.5, 0.6) is 5.88 Å². The van der Waals surface area contributed by atoms with Gasteiger partial charge in [0.1, 0.15) is 0 Å². The Balaban J connectivity index is 2.76. The molecule has 0 bridgehead atoms. The first-order valence-electron chi connectivity index (χ1n) is 4.39. The standard InChI is InChI=1S/C11H9NO3/c1-15-11(14)10-8-5-3-2-4-7(8)6-9(13)12-10/h2-6H,1H3,(H,12,13). The number of fused-ring (bicyclic) bond motifs is 1. The van der Waals surface area contributed by atoms with E-state index in [0.29, 0.717) is 5.39 Å². The minimum absolute atomic E-state index is 0.133. The summed E-state index contributed by atoms with van der Waals surface area (Å²) in [5.41, 5.74) is 0.133. The Labute approximate surface area is 86.1 Å². The van der Waals surface area contributed by atoms with Crippen molar-refractivity contribution in [1.29, 1.82) is 0 Å². The van der Waals surface area contributed by atoms with Crippen LogP contribution in [-0.4, -0.2) is 23.2 Å². The minimum Gasteiger partial charge on any atom is -0.493 e. The second-order valence-electron chi connectivity index (χ2n) is 3.04. The molecule has 1 aromatic carbocycles. The third kappa shape index (κ3) is 1.61. The van der Waals surface area contributed by atoms with E-state index < -0.39 is 5.97 Å². The zero-order valence-corrected chi connectivity index (χ0v) is 8.10. The first kappa shape index (κ1) is 9.45. The van der Waals surface area contributed by atoms with Crippen molar-refractivity contribution < 1.29 is 14.6 Å². The molecular weight excluding hydrogens is 194 g/mol. The van der Waals surface area contributed by atoms with Crippen molar-refractivity contribution in [2.75, 3.05) is 7.11 Å². The lowest BCUT2D eigenvalue weighted by Crippen LogP contribution is -2.04. The number of hydrogen-bond donors (Lipinski definition) is 1. The molecule has 76 valence electrons. The van der Waals surface area contributed by atoms with Crippen LogP contribution < -0.4 is 0 Å². The number of hydrogen-bond acceptors (Lipinski definition) is 4. The number of methoxy groups -OCH3 is 1. The van der Waals surface area contributed by atoms with Crippen molar-refractivity contribution in [1.82, 2.24) is 4.98 Å². The van der Waals surface area contributed by atoms with Crippen LogP contribution in [0, 0.1) is 0 Å². The van der Waals surface area contributed by atoms with Gasteiger partial charge in [-0.2, -0.15) is 0 Å². The van der Waals surface area contributed by atoms with Crippen molar-refractivity contribution in [2.24, 2.45) is 0 Å². The quantitative estimate of drug-likeness (QED) is 0.717. The summed E-state index contributed by atoms with van der Waals surface area (Å²) in [6.45, 7) is 0. The van der Waals surface area contributed by atoms with E-state index >= 15 is 0 Å². The van der Waals surface area contributed by atoms with Crippen LogP contribution >= 0.6 is 0 Å². The molecule has 0 radical (unpaired) electrons. The Morgan fingerprint density at radius 3 is 2.87 bits per heavy atom. The SMILES string of the molecule is COC(=O)c1nc(O)cc2ccccc12. The molecule has 0 saturated carbocycles. The predicted octanol–water partition coefficient (Wildman–Crippen LogP) is 1.73. The summed E-state index contributed by atoms with van der Waals surface area (Å²) in [6, 6.07) is 8.68. The second-order valence-corrected chi connectivity index (χ2v) is 3.04. The molecule has 0 aliphatic heterocycles. The van der Waals surface area contributed by atoms with E-state index in [4.69, 9.17) is 0 Å². The molecule has 2 rings (SSSR count). The Morgan fingerprint density at radius 1 is 1.40 bits per heavy atom. The maximum atomic E-state index is 11.4. The highest BCUT2D eigenvalue weighted by Crippen LogP contribution is 2.21. The van der Waals surface area contributed by atoms with Gasteiger partial charge in [0.05, 0.1) is 7.11 Å². The molecule has 0 spiro atoms. The molecule has 4 nitrogen and oxygen atoms in total. The van der Waals surface area contributed by atoms with Crippen molar-refractivity contribution in [3.63, 3.8) is 0 Å². The van der Waals surface area contributed by atoms with Crippen molar-refractivity contribution in [2.45, 2.75) is 0 Å². The second kappa shape index (κ2) is 3.57. The molecular formula is C11H9NO3. The number of aromatic hydroxyl groups is 1. The molecule has 0 unspecified atom stereocenters. The molecule has 4 heteroatoms. The number of benzene rings is 1. The van der Waals surface area contributed by atoms with E-state index in [1.165, 1.54) is 13.2 Å². The summed E-state index contributed by atoms with van der Waals surface area (Å²) in [5.74, 6) is -0.740. The Bertz CT molecular complexity index is 522. The van der Waals surface area contributed by atoms with Gasteiger partial charge < -0.3 is 9.84 Å². The number of esters is 1. The molecule has 0 saturated heterocycles. The molecule has 1 heterocycles. The summed E-state index contributed by atoms with van der Waals surface area (Å²) in [4.78, 5) is 15.1. The smallest absolute Gasteiger partial charge is 0.357 e. The van der Waals surface area contributed by atoms with E-state index in [2.05, 4.69) is 9.72 Å². The number of rotatable bonds is 1. The molecule has 15 heavy (non-hydrogen) atoms. The van der Waals surface area contributed by atoms with E-state index in [-0.39, 0.29) is 11.6 Å². The van der Waals surface area contributed by atoms with Crippen molar-refractivity contribution in [3.05, 3.63) is 36.0 Å². The summed E-state index contributed by atoms with van der Waals surface area (Å²) >= 11 is 0. The van der Waals surface area contributed by atoms with E-state index in [0.717, 1.165) is 5.39 Å². The molecule has 2 aromatic rings. The summed E-state index contributed by atoms with van der Waals surface area (Å²) in [7, 11) is 1.28. The molecule has 1 N–H and O–H groups in total. The lowest BCUT2D eigenvalue weighted by Gasteiger charge is -2.04. The number of pyridine rings is 1. The number of carbonyl (C=O) groups is 1. The Hall–Kier alpha value is -2.10. The van der Waals surface area contributed by atoms with Gasteiger partial charge in [-0.3, -0.25) is 0 Å². The lowest BCUT2D eigenvalue weighted by molar-refractivity contribution is 0.0595. The van der Waals surface area contributed by atoms with E-state index in [9.17, 15) is 9.90 Å². The highest BCUT2D eigenvalue weighted by molar-refractivity contribution is 6.02. The van der Waals surface area contributed by atoms with E-state index in [1.807, 2.05) is 6.07 Å². The predicted molar refractivity (Wildman–Crippen MR) is 54.7 cm³/mol. The van der Waals surface area contributed by atoms with Crippen molar-refractivity contribution >= 4 is 16.7 Å². The van der Waals surface area contributed by atoms with Gasteiger partial charge in [0.15, 0.2) is 5.69 Å². The molecule has 1 aromatic heterocycles. The first-order valence-corrected chi connectivity index (χ1v) is 4.39. The fraction of sp³-hybridized carbons (Fsp3) is 0.0909. The van der Waals surface area contributed by atoms with Crippen LogP contribution in [-0.2, 0) is 4.74 Å². The van der Waals surface area contributed by atoms with Crippen LogP contribution in [0.1, 0.15) is 10.5 Å². The highest BCUT2D eigenvalue weighted by Gasteiger charge is 2.13. The molecule has 0 atom stereocenters. The van der Waals surface area contributed by atoms with Crippen LogP contribution in [0.25, 0.3) is 10.8 Å². The lowest BCUT2D eigenvalue weighted by atomic mass is 10.1. The Morgan fingerprint density at radius 2 is 2.13 bits per heavy atom. The monoisotopic (exact) mass is 203 g/mol. The van der Waals surface area contributed by atoms with Gasteiger partial charge in [-0.1, -0.05) is 24.3 Å². The van der Waals surface area contributed by atoms with Gasteiger partial charge >= 0.3 is 5.97 Å². The molecule has 0 fully saturated rings. The van der Waals surface area contributed by atoms with Crippen LogP contribution in [0.2, 0.25) is 0 Å². The molecule has 0 aliphatic rings. The number of ether oxygens (including phenoxy) is 1. The van der Waals surface area contributed by atoms with Crippen molar-refractivity contribution in [3.8, 4) is 5.88 Å². The third-order valence-electron chi connectivity index (χ3n) is 2.11. The van der Waals surface area contributed by atoms with Crippen LogP contribution in [0.4, 0.5) is 0 Å². The average Bonchev–Trinajstić information content (AvgIpc) is 2.26. The number of nitrogens with zero attached hydrogens (tertiary/aromatic N) is 1. The molecule has 0 amide bonds. The fourth-order valence-corrected chi connectivity index (χ4v) is 1.44. The Kier molecular flexibility index (Phi) is 2.25. The van der Waals surface area contributed by atoms with Gasteiger partial charge in [0.2, 0.25) is 5.88 Å². The normalized spacial score (nSPS) is 10.2. The number of aromatic nitrogens is 1. The minimum atomic E-state index is -0.554.